The van der Waals surface area contributed by atoms with E-state index in [9.17, 15) is 4.21 Å². The molecule has 0 aromatic carbocycles. The van der Waals surface area contributed by atoms with E-state index in [-0.39, 0.29) is 0 Å². The van der Waals surface area contributed by atoms with Crippen molar-refractivity contribution in [1.29, 1.82) is 0 Å². The molecule has 2 aliphatic rings. The highest BCUT2D eigenvalue weighted by molar-refractivity contribution is 7.85. The van der Waals surface area contributed by atoms with Crippen molar-refractivity contribution in [3.05, 3.63) is 0 Å². The fourth-order valence-corrected chi connectivity index (χ4v) is 5.38. The summed E-state index contributed by atoms with van der Waals surface area (Å²) < 4.78 is 12.0. The molecule has 2 aliphatic carbocycles. The molecule has 0 radical (unpaired) electrons. The van der Waals surface area contributed by atoms with E-state index in [1.54, 1.807) is 0 Å². The summed E-state index contributed by atoms with van der Waals surface area (Å²) >= 11 is 0. The molecule has 0 bridgehead atoms. The molecule has 3 unspecified atom stereocenters. The zero-order valence-corrected chi connectivity index (χ0v) is 15.8. The van der Waals surface area contributed by atoms with E-state index in [0.29, 0.717) is 11.3 Å². The van der Waals surface area contributed by atoms with Gasteiger partial charge in [0, 0.05) is 41.4 Å². The van der Waals surface area contributed by atoms with E-state index < -0.39 is 10.8 Å². The maximum Gasteiger partial charge on any atom is 0.191 e. The maximum atomic E-state index is 12.0. The molecule has 4 nitrogen and oxygen atoms in total. The number of aliphatic imine (C=N–C) groups is 1. The van der Waals surface area contributed by atoms with Crippen molar-refractivity contribution in [2.45, 2.75) is 82.4 Å². The Kier molecular flexibility index (Phi) is 8.41. The second-order valence-corrected chi connectivity index (χ2v) is 9.10. The summed E-state index contributed by atoms with van der Waals surface area (Å²) in [5.74, 6) is 2.67. The van der Waals surface area contributed by atoms with Crippen LogP contribution in [0.1, 0.15) is 71.1 Å². The van der Waals surface area contributed by atoms with Crippen molar-refractivity contribution in [1.82, 2.24) is 10.6 Å². The molecule has 0 aromatic rings. The first-order valence-corrected chi connectivity index (χ1v) is 11.0. The minimum Gasteiger partial charge on any atom is -0.356 e. The molecule has 5 heteroatoms. The van der Waals surface area contributed by atoms with Crippen LogP contribution >= 0.6 is 0 Å². The highest BCUT2D eigenvalue weighted by Crippen LogP contribution is 2.28. The normalized spacial score (nSPS) is 27.8. The first-order chi connectivity index (χ1) is 11.2. The van der Waals surface area contributed by atoms with E-state index in [1.807, 2.05) is 14.0 Å². The van der Waals surface area contributed by atoms with Crippen LogP contribution in [-0.4, -0.2) is 40.8 Å². The number of guanidine groups is 1. The van der Waals surface area contributed by atoms with Gasteiger partial charge in [0.15, 0.2) is 5.96 Å². The van der Waals surface area contributed by atoms with Gasteiger partial charge in [-0.1, -0.05) is 39.0 Å². The van der Waals surface area contributed by atoms with Crippen LogP contribution in [0.5, 0.6) is 0 Å². The van der Waals surface area contributed by atoms with E-state index in [1.165, 1.54) is 51.4 Å². The standard InChI is InChI=1S/C18H35N3OS/c1-3-23(22)17-12-6-11-16(14-17)21-18(19-2)20-13-7-10-15-8-4-5-9-15/h15-17H,3-14H2,1-2H3,(H2,19,20,21). The van der Waals surface area contributed by atoms with Crippen molar-refractivity contribution >= 4 is 16.8 Å². The average Bonchev–Trinajstić information content (AvgIpc) is 3.10. The summed E-state index contributed by atoms with van der Waals surface area (Å²) in [7, 11) is 1.18. The van der Waals surface area contributed by atoms with E-state index >= 15 is 0 Å². The highest BCUT2D eigenvalue weighted by atomic mass is 32.2. The number of rotatable bonds is 7. The van der Waals surface area contributed by atoms with Crippen molar-refractivity contribution in [2.75, 3.05) is 19.3 Å². The quantitative estimate of drug-likeness (QED) is 0.425. The van der Waals surface area contributed by atoms with Crippen LogP contribution in [0.4, 0.5) is 0 Å². The predicted molar refractivity (Wildman–Crippen MR) is 100 cm³/mol. The molecule has 0 heterocycles. The van der Waals surface area contributed by atoms with Gasteiger partial charge in [0.25, 0.3) is 0 Å². The summed E-state index contributed by atoms with van der Waals surface area (Å²) in [4.78, 5) is 4.36. The monoisotopic (exact) mass is 341 g/mol. The third kappa shape index (κ3) is 6.44. The Morgan fingerprint density at radius 3 is 2.65 bits per heavy atom. The lowest BCUT2D eigenvalue weighted by molar-refractivity contribution is 0.412. The lowest BCUT2D eigenvalue weighted by Gasteiger charge is -2.30. The van der Waals surface area contributed by atoms with Gasteiger partial charge in [-0.25, -0.2) is 0 Å². The lowest BCUT2D eigenvalue weighted by Crippen LogP contribution is -2.46. The van der Waals surface area contributed by atoms with Crippen molar-refractivity contribution in [3.8, 4) is 0 Å². The number of hydrogen-bond donors (Lipinski definition) is 2. The zero-order chi connectivity index (χ0) is 16.5. The Hall–Kier alpha value is -0.580. The highest BCUT2D eigenvalue weighted by Gasteiger charge is 2.26. The fraction of sp³-hybridized carbons (Fsp3) is 0.944. The number of nitrogens with one attached hydrogen (secondary N) is 2. The first-order valence-electron chi connectivity index (χ1n) is 9.57. The molecule has 0 amide bonds. The van der Waals surface area contributed by atoms with Gasteiger partial charge in [-0.05, 0) is 38.0 Å². The van der Waals surface area contributed by atoms with Gasteiger partial charge < -0.3 is 10.6 Å². The average molecular weight is 342 g/mol. The van der Waals surface area contributed by atoms with Crippen molar-refractivity contribution in [2.24, 2.45) is 10.9 Å². The molecule has 2 rings (SSSR count). The Morgan fingerprint density at radius 1 is 1.17 bits per heavy atom. The minimum atomic E-state index is -0.660. The van der Waals surface area contributed by atoms with Crippen LogP contribution in [0.25, 0.3) is 0 Å². The maximum absolute atomic E-state index is 12.0. The fourth-order valence-electron chi connectivity index (χ4n) is 4.04. The van der Waals surface area contributed by atoms with Crippen LogP contribution in [0.2, 0.25) is 0 Å². The summed E-state index contributed by atoms with van der Waals surface area (Å²) in [6.45, 7) is 3.03. The topological polar surface area (TPSA) is 53.5 Å². The van der Waals surface area contributed by atoms with Crippen LogP contribution in [0, 0.1) is 5.92 Å². The van der Waals surface area contributed by atoms with Gasteiger partial charge in [-0.3, -0.25) is 9.20 Å². The Balaban J connectivity index is 1.66. The molecular formula is C18H35N3OS. The van der Waals surface area contributed by atoms with Crippen LogP contribution in [0.3, 0.4) is 0 Å². The molecule has 0 saturated heterocycles. The van der Waals surface area contributed by atoms with Gasteiger partial charge in [-0.15, -0.1) is 0 Å². The molecule has 2 N–H and O–H groups in total. The molecule has 0 spiro atoms. The van der Waals surface area contributed by atoms with Crippen LogP contribution in [-0.2, 0) is 10.8 Å². The lowest BCUT2D eigenvalue weighted by atomic mass is 9.95. The third-order valence-corrected chi connectivity index (χ3v) is 7.14. The summed E-state index contributed by atoms with van der Waals surface area (Å²) in [5.41, 5.74) is 0. The van der Waals surface area contributed by atoms with Crippen LogP contribution < -0.4 is 10.6 Å². The van der Waals surface area contributed by atoms with E-state index in [2.05, 4.69) is 15.6 Å². The summed E-state index contributed by atoms with van der Waals surface area (Å²) in [6, 6.07) is 0.422. The van der Waals surface area contributed by atoms with E-state index in [4.69, 9.17) is 0 Å². The molecule has 2 saturated carbocycles. The molecule has 3 atom stereocenters. The second kappa shape index (κ2) is 10.3. The molecular weight excluding hydrogens is 306 g/mol. The van der Waals surface area contributed by atoms with Crippen LogP contribution in [0.15, 0.2) is 4.99 Å². The zero-order valence-electron chi connectivity index (χ0n) is 15.0. The van der Waals surface area contributed by atoms with Gasteiger partial charge in [0.2, 0.25) is 0 Å². The SMILES string of the molecule is CCS(=O)C1CCCC(NC(=NC)NCCCC2CCCC2)C1. The summed E-state index contributed by atoms with van der Waals surface area (Å²) in [5, 5.41) is 7.38. The smallest absolute Gasteiger partial charge is 0.191 e. The molecule has 2 fully saturated rings. The van der Waals surface area contributed by atoms with Crippen molar-refractivity contribution in [3.63, 3.8) is 0 Å². The van der Waals surface area contributed by atoms with E-state index in [0.717, 1.165) is 37.0 Å². The second-order valence-electron chi connectivity index (χ2n) is 7.09. The Morgan fingerprint density at radius 2 is 1.96 bits per heavy atom. The molecule has 134 valence electrons. The Bertz CT molecular complexity index is 394. The predicted octanol–water partition coefficient (Wildman–Crippen LogP) is 3.20. The van der Waals surface area contributed by atoms with Gasteiger partial charge in [0.1, 0.15) is 0 Å². The van der Waals surface area contributed by atoms with Gasteiger partial charge >= 0.3 is 0 Å². The number of nitrogens with zero attached hydrogens (tertiary/aromatic N) is 1. The first kappa shape index (κ1) is 18.8. The third-order valence-electron chi connectivity index (χ3n) is 5.40. The number of hydrogen-bond acceptors (Lipinski definition) is 2. The largest absolute Gasteiger partial charge is 0.356 e. The molecule has 23 heavy (non-hydrogen) atoms. The Labute approximate surface area is 144 Å². The van der Waals surface area contributed by atoms with Crippen molar-refractivity contribution < 1.29 is 4.21 Å². The minimum absolute atomic E-state index is 0.367. The summed E-state index contributed by atoms with van der Waals surface area (Å²) in [6.07, 6.45) is 12.8. The molecule has 0 aromatic heterocycles. The van der Waals surface area contributed by atoms with Gasteiger partial charge in [-0.2, -0.15) is 0 Å². The van der Waals surface area contributed by atoms with Gasteiger partial charge in [0.05, 0.1) is 0 Å². The molecule has 0 aliphatic heterocycles.